The van der Waals surface area contributed by atoms with Gasteiger partial charge < -0.3 is 44.8 Å². The topological polar surface area (TPSA) is 286 Å². The number of aromatic amines is 4. The van der Waals surface area contributed by atoms with Crippen molar-refractivity contribution in [3.8, 4) is 0 Å². The van der Waals surface area contributed by atoms with Gasteiger partial charge in [-0.05, 0) is 174 Å². The lowest BCUT2D eigenvalue weighted by atomic mass is 9.85. The van der Waals surface area contributed by atoms with Crippen LogP contribution in [0.25, 0.3) is 66.7 Å². The Kier molecular flexibility index (Phi) is 17.3. The molecule has 12 rings (SSSR count). The van der Waals surface area contributed by atoms with Gasteiger partial charge in [0.1, 0.15) is 17.2 Å². The van der Waals surface area contributed by atoms with Crippen LogP contribution in [0, 0.1) is 13.8 Å². The summed E-state index contributed by atoms with van der Waals surface area (Å²) >= 11 is 0. The Morgan fingerprint density at radius 1 is 0.553 bits per heavy atom. The van der Waals surface area contributed by atoms with E-state index in [2.05, 4.69) is 57.6 Å². The number of esters is 5. The molecule has 0 radical (unpaired) electrons. The summed E-state index contributed by atoms with van der Waals surface area (Å²) < 4.78 is 16.4. The molecule has 20 nitrogen and oxygen atoms in total. The van der Waals surface area contributed by atoms with Gasteiger partial charge >= 0.3 is 29.8 Å². The van der Waals surface area contributed by atoms with Crippen molar-refractivity contribution in [2.75, 3.05) is 13.2 Å². The molecule has 0 saturated heterocycles. The number of aryl methyl sites for hydroxylation is 2. The third-order valence-electron chi connectivity index (χ3n) is 20.0. The predicted molar refractivity (Wildman–Crippen MR) is 361 cm³/mol. The van der Waals surface area contributed by atoms with E-state index in [9.17, 15) is 33.6 Å². The first kappa shape index (κ1) is 64.0. The highest BCUT2D eigenvalue weighted by molar-refractivity contribution is 6.19. The van der Waals surface area contributed by atoms with Gasteiger partial charge in [-0.2, -0.15) is 0 Å². The Balaban J connectivity index is 0.759. The van der Waals surface area contributed by atoms with Gasteiger partial charge in [0.2, 0.25) is 11.8 Å². The number of nitrogens with zero attached hydrogens (tertiary/aromatic N) is 4. The summed E-state index contributed by atoms with van der Waals surface area (Å²) in [6.45, 7) is 30.1. The normalized spacial score (nSPS) is 18.5. The second kappa shape index (κ2) is 25.4. The number of fused-ring (bicyclic) bond motifs is 16. The number of allylic oxidation sites excluding steroid dienone is 10. The number of cyclic esters (lactones) is 4. The van der Waals surface area contributed by atoms with Gasteiger partial charge in [-0.1, -0.05) is 53.0 Å². The average molecular weight is 1270 g/mol. The molecule has 12 heterocycles. The summed E-state index contributed by atoms with van der Waals surface area (Å²) in [5.41, 5.74) is 19.9. The third-order valence-corrected chi connectivity index (χ3v) is 20.0. The van der Waals surface area contributed by atoms with Crippen LogP contribution in [0.4, 0.5) is 0 Å². The number of H-pyrrole nitrogens is 4. The van der Waals surface area contributed by atoms with Crippen LogP contribution < -0.4 is 10.6 Å². The van der Waals surface area contributed by atoms with Crippen molar-refractivity contribution in [2.45, 2.75) is 164 Å². The summed E-state index contributed by atoms with van der Waals surface area (Å²) in [6, 6.07) is 10.7. The quantitative estimate of drug-likeness (QED) is 0.0234. The minimum atomic E-state index is -0.992. The maximum Gasteiger partial charge on any atom is 0.349 e. The van der Waals surface area contributed by atoms with Crippen molar-refractivity contribution < 1.29 is 47.8 Å². The highest BCUT2D eigenvalue weighted by Crippen LogP contribution is 2.47. The summed E-state index contributed by atoms with van der Waals surface area (Å²) in [6.07, 6.45) is 6.72. The fourth-order valence-electron chi connectivity index (χ4n) is 14.6. The first-order valence-electron chi connectivity index (χ1n) is 32.6. The molecule has 94 heavy (non-hydrogen) atoms. The van der Waals surface area contributed by atoms with E-state index in [1.807, 2.05) is 84.9 Å². The van der Waals surface area contributed by atoms with Crippen molar-refractivity contribution in [2.24, 2.45) is 0 Å². The number of carbonyl (C=O) groups excluding carboxylic acids is 7. The zero-order chi connectivity index (χ0) is 66.9. The molecule has 8 aliphatic rings. The minimum absolute atomic E-state index is 0.0454. The molecule has 0 aromatic carbocycles. The van der Waals surface area contributed by atoms with E-state index < -0.39 is 53.6 Å². The summed E-state index contributed by atoms with van der Waals surface area (Å²) in [4.78, 5) is 131. The van der Waals surface area contributed by atoms with Crippen molar-refractivity contribution >= 4 is 108 Å². The van der Waals surface area contributed by atoms with Gasteiger partial charge in [0, 0.05) is 88.0 Å². The Labute approximate surface area is 544 Å². The van der Waals surface area contributed by atoms with Gasteiger partial charge in [-0.25, -0.2) is 43.9 Å². The highest BCUT2D eigenvalue weighted by Gasteiger charge is 2.41. The maximum absolute atomic E-state index is 14.2. The minimum Gasteiger partial charge on any atom is -0.464 e. The number of hydrogen-bond donors (Lipinski definition) is 6. The zero-order valence-corrected chi connectivity index (χ0v) is 55.1. The third kappa shape index (κ3) is 11.2. The van der Waals surface area contributed by atoms with Crippen LogP contribution in [-0.4, -0.2) is 101 Å². The number of ether oxygens (including phenoxy) is 3. The maximum atomic E-state index is 14.2. The molecule has 0 aliphatic carbocycles. The zero-order valence-electron chi connectivity index (χ0n) is 55.1. The van der Waals surface area contributed by atoms with E-state index in [-0.39, 0.29) is 78.8 Å². The molecule has 0 unspecified atom stereocenters. The van der Waals surface area contributed by atoms with Crippen molar-refractivity contribution in [3.63, 3.8) is 0 Å². The first-order chi connectivity index (χ1) is 45.1. The van der Waals surface area contributed by atoms with Crippen LogP contribution in [0.2, 0.25) is 0 Å². The molecule has 0 saturated carbocycles. The lowest BCUT2D eigenvalue weighted by Gasteiger charge is -2.21. The molecule has 4 aromatic rings. The number of amides is 2. The number of aromatic nitrogens is 8. The van der Waals surface area contributed by atoms with E-state index in [1.54, 1.807) is 26.0 Å². The number of hydrogen-bond acceptors (Lipinski definition) is 14. The van der Waals surface area contributed by atoms with E-state index in [1.165, 1.54) is 0 Å². The van der Waals surface area contributed by atoms with Gasteiger partial charge in [-0.3, -0.25) is 9.59 Å². The molecule has 8 aliphatic heterocycles. The van der Waals surface area contributed by atoms with E-state index >= 15 is 0 Å². The molecule has 16 bridgehead atoms. The number of unbranched alkanes of at least 4 members (excludes halogenated alkanes) is 1. The Morgan fingerprint density at radius 2 is 0.979 bits per heavy atom. The van der Waals surface area contributed by atoms with Gasteiger partial charge in [-0.15, -0.1) is 0 Å². The van der Waals surface area contributed by atoms with Crippen LogP contribution in [0.3, 0.4) is 0 Å². The van der Waals surface area contributed by atoms with Crippen molar-refractivity contribution in [1.82, 2.24) is 50.5 Å². The molecule has 0 fully saturated rings. The second-order valence-corrected chi connectivity index (χ2v) is 25.3. The van der Waals surface area contributed by atoms with Crippen LogP contribution in [0.1, 0.15) is 265 Å². The molecular formula is C74H78N10O10. The Hall–Kier alpha value is -10.1. The second-order valence-electron chi connectivity index (χ2n) is 25.3. The standard InChI is InChI=1S/C74H78N10O10/c1-14-41-33(6)48-27-52-37(10)45(66(81-52)64-68-62(71(88)93-73(64)90)39(12)54(83-68)31-58-43(16-3)35(8)50(78-58)29-56(41)76-48)22-24-60(85)75-26-20-19-21-47(70(87)92-18-5)80-61(86)25-23-46-38(11)53-28-49-34(7)42(15-2)57(77-49)30-51-36(9)44(17-4)59(79-51)32-55-40(13)63-69(84-55)65(67(46)82-53)74(91)94-72(63)89/h14-15,27-32,37-38,45-47,81-84H,1-2,16-26H2,3-13H3,(H,75,85)(H,80,86)/t37-,38-,45-,46-,47-/m0/s1. The van der Waals surface area contributed by atoms with Gasteiger partial charge in [0.25, 0.3) is 0 Å². The van der Waals surface area contributed by atoms with E-state index in [4.69, 9.17) is 34.1 Å². The van der Waals surface area contributed by atoms with Crippen molar-refractivity contribution in [1.29, 1.82) is 0 Å². The number of rotatable bonds is 18. The molecule has 6 N–H and O–H groups in total. The number of nitrogens with one attached hydrogen (secondary N) is 6. The number of carbonyl (C=O) groups is 7. The van der Waals surface area contributed by atoms with Crippen LogP contribution in [0.5, 0.6) is 0 Å². The Bertz CT molecular complexity index is 4650. The lowest BCUT2D eigenvalue weighted by molar-refractivity contribution is -0.147. The molecule has 484 valence electrons. The molecular weight excluding hydrogens is 1190 g/mol. The predicted octanol–water partition coefficient (Wildman–Crippen LogP) is 13.9. The highest BCUT2D eigenvalue weighted by atomic mass is 16.6. The molecule has 5 atom stereocenters. The van der Waals surface area contributed by atoms with Gasteiger partial charge in [0.05, 0.1) is 74.3 Å². The van der Waals surface area contributed by atoms with Gasteiger partial charge in [0.15, 0.2) is 0 Å². The molecule has 2 amide bonds. The summed E-state index contributed by atoms with van der Waals surface area (Å²) in [7, 11) is 0. The van der Waals surface area contributed by atoms with Crippen LogP contribution in [-0.2, 0) is 28.6 Å². The SMILES string of the molecule is C=CC1=C(C)c2cc3[nH]c(c4c5[nH]c(cc6nc(cc1n2)C(C)=C6CC)c(C)c5C(=O)OC4=O)[C@@H](CCC(=O)NCCCC[C@H](NC(=O)CC[C@@H]1c2[nH]c(cc4nc(cc5nc(cc6[nH]c7c2C(=O)OC(=O)c7c6C)C(CC)=C5C)C(C=C)=C4C)[C@H]1C)C(=O)OCC)[C@@H]3C. The first-order valence-corrected chi connectivity index (χ1v) is 32.6. The van der Waals surface area contributed by atoms with Crippen LogP contribution >= 0.6 is 0 Å². The molecule has 4 aromatic heterocycles. The lowest BCUT2D eigenvalue weighted by Crippen LogP contribution is -2.42. The fraction of sp³-hybridized carbons (Fsp3) is 0.365. The summed E-state index contributed by atoms with van der Waals surface area (Å²) in [5.74, 6) is -5.79. The fourth-order valence-corrected chi connectivity index (χ4v) is 14.6. The largest absolute Gasteiger partial charge is 0.464 e. The van der Waals surface area contributed by atoms with Crippen LogP contribution in [0.15, 0.2) is 61.7 Å². The average Bonchev–Trinajstić information content (AvgIpc) is 1.58. The van der Waals surface area contributed by atoms with E-state index in [0.717, 1.165) is 84.4 Å². The molecule has 0 spiro atoms. The van der Waals surface area contributed by atoms with E-state index in [0.29, 0.717) is 93.8 Å². The molecule has 20 heteroatoms. The summed E-state index contributed by atoms with van der Waals surface area (Å²) in [5, 5.41) is 5.97. The van der Waals surface area contributed by atoms with Crippen molar-refractivity contribution in [3.05, 3.63) is 163 Å². The smallest absolute Gasteiger partial charge is 0.349 e. The monoisotopic (exact) mass is 1270 g/mol. The Morgan fingerprint density at radius 3 is 1.41 bits per heavy atom.